The van der Waals surface area contributed by atoms with Gasteiger partial charge in [0.05, 0.1) is 5.69 Å². The molecule has 0 bridgehead atoms. The van der Waals surface area contributed by atoms with Crippen molar-refractivity contribution in [1.82, 2.24) is 10.3 Å². The highest BCUT2D eigenvalue weighted by Crippen LogP contribution is 2.25. The fourth-order valence-electron chi connectivity index (χ4n) is 2.66. The van der Waals surface area contributed by atoms with Crippen molar-refractivity contribution in [2.45, 2.75) is 38.5 Å². The third-order valence-electron chi connectivity index (χ3n) is 3.56. The van der Waals surface area contributed by atoms with Crippen molar-refractivity contribution in [3.63, 3.8) is 0 Å². The van der Waals surface area contributed by atoms with Crippen molar-refractivity contribution in [3.8, 4) is 0 Å². The number of nitrogens with zero attached hydrogens (tertiary/aromatic N) is 1. The van der Waals surface area contributed by atoms with Crippen molar-refractivity contribution < 1.29 is 4.42 Å². The molecule has 3 nitrogen and oxygen atoms in total. The summed E-state index contributed by atoms with van der Waals surface area (Å²) in [5.41, 5.74) is 1.24. The number of rotatable bonds is 2. The number of hydrogen-bond acceptors (Lipinski definition) is 3. The molecule has 1 fully saturated rings. The van der Waals surface area contributed by atoms with Gasteiger partial charge in [-0.15, -0.1) is 0 Å². The second kappa shape index (κ2) is 3.97. The summed E-state index contributed by atoms with van der Waals surface area (Å²) in [5, 5.41) is 3.39. The summed E-state index contributed by atoms with van der Waals surface area (Å²) in [6, 6.07) is 0. The third-order valence-corrected chi connectivity index (χ3v) is 3.56. The van der Waals surface area contributed by atoms with Gasteiger partial charge in [-0.3, -0.25) is 0 Å². The van der Waals surface area contributed by atoms with E-state index in [1.54, 1.807) is 0 Å². The van der Waals surface area contributed by atoms with E-state index in [0.717, 1.165) is 44.2 Å². The highest BCUT2D eigenvalue weighted by Gasteiger charge is 2.21. The molecule has 0 saturated carbocycles. The molecule has 1 aliphatic heterocycles. The molecule has 1 aromatic heterocycles. The maximum atomic E-state index is 5.80. The zero-order valence-electron chi connectivity index (χ0n) is 9.09. The van der Waals surface area contributed by atoms with E-state index in [9.17, 15) is 0 Å². The molecule has 0 spiro atoms. The molecule has 3 heteroatoms. The van der Waals surface area contributed by atoms with E-state index in [1.165, 1.54) is 30.7 Å². The molecule has 1 aromatic rings. The first kappa shape index (κ1) is 9.40. The lowest BCUT2D eigenvalue weighted by molar-refractivity contribution is 0.336. The largest absolute Gasteiger partial charge is 0.445 e. The van der Waals surface area contributed by atoms with Crippen LogP contribution in [0.15, 0.2) is 4.42 Å². The van der Waals surface area contributed by atoms with E-state index < -0.39 is 0 Å². The van der Waals surface area contributed by atoms with Crippen molar-refractivity contribution in [1.29, 1.82) is 0 Å². The molecule has 2 heterocycles. The summed E-state index contributed by atoms with van der Waals surface area (Å²) in [6.45, 7) is 2.32. The Labute approximate surface area is 90.3 Å². The molecular formula is C12H18N2O. The first-order valence-corrected chi connectivity index (χ1v) is 6.10. The fourth-order valence-corrected chi connectivity index (χ4v) is 2.66. The molecule has 0 atom stereocenters. The summed E-state index contributed by atoms with van der Waals surface area (Å²) in [7, 11) is 0. The molecule has 15 heavy (non-hydrogen) atoms. The van der Waals surface area contributed by atoms with E-state index in [1.807, 2.05) is 0 Å². The molecule has 0 amide bonds. The molecule has 1 saturated heterocycles. The smallest absolute Gasteiger partial charge is 0.194 e. The Morgan fingerprint density at radius 1 is 1.27 bits per heavy atom. The van der Waals surface area contributed by atoms with Crippen LogP contribution >= 0.6 is 0 Å². The first-order chi connectivity index (χ1) is 7.42. The van der Waals surface area contributed by atoms with Crippen LogP contribution in [0.1, 0.15) is 36.6 Å². The van der Waals surface area contributed by atoms with Gasteiger partial charge in [0.2, 0.25) is 0 Å². The Morgan fingerprint density at radius 3 is 2.93 bits per heavy atom. The van der Waals surface area contributed by atoms with E-state index in [2.05, 4.69) is 10.3 Å². The highest BCUT2D eigenvalue weighted by molar-refractivity contribution is 5.15. The molecule has 0 radical (unpaired) electrons. The van der Waals surface area contributed by atoms with Crippen LogP contribution in [0.25, 0.3) is 0 Å². The Bertz CT molecular complexity index is 318. The number of nitrogens with one attached hydrogen (secondary N) is 1. The molecule has 3 rings (SSSR count). The Hall–Kier alpha value is -0.830. The molecule has 1 N–H and O–H groups in total. The van der Waals surface area contributed by atoms with Gasteiger partial charge in [0.1, 0.15) is 5.76 Å². The number of fused-ring (bicyclic) bond motifs is 1. The van der Waals surface area contributed by atoms with Crippen LogP contribution < -0.4 is 5.32 Å². The van der Waals surface area contributed by atoms with Crippen LogP contribution in [0.2, 0.25) is 0 Å². The standard InChI is InChI=1S/C12H18N2O/c1-2-10-11(3-1)15-12(14-10)8-9-4-6-13-7-5-9/h9,13H,1-8H2. The van der Waals surface area contributed by atoms with Gasteiger partial charge in [-0.05, 0) is 44.7 Å². The molecule has 0 unspecified atom stereocenters. The van der Waals surface area contributed by atoms with Crippen LogP contribution in [0.4, 0.5) is 0 Å². The number of aryl methyl sites for hydroxylation is 2. The minimum absolute atomic E-state index is 0.782. The molecule has 0 aromatic carbocycles. The number of aromatic nitrogens is 1. The Morgan fingerprint density at radius 2 is 2.13 bits per heavy atom. The van der Waals surface area contributed by atoms with Crippen LogP contribution in [-0.2, 0) is 19.3 Å². The van der Waals surface area contributed by atoms with E-state index in [0.29, 0.717) is 0 Å². The third kappa shape index (κ3) is 1.93. The summed E-state index contributed by atoms with van der Waals surface area (Å²) in [4.78, 5) is 4.60. The van der Waals surface area contributed by atoms with Crippen LogP contribution in [0.5, 0.6) is 0 Å². The van der Waals surface area contributed by atoms with Crippen molar-refractivity contribution in [2.75, 3.05) is 13.1 Å². The number of oxazole rings is 1. The fraction of sp³-hybridized carbons (Fsp3) is 0.750. The lowest BCUT2D eigenvalue weighted by atomic mass is 9.95. The quantitative estimate of drug-likeness (QED) is 0.800. The molecule has 2 aliphatic rings. The highest BCUT2D eigenvalue weighted by atomic mass is 16.4. The molecular weight excluding hydrogens is 188 g/mol. The van der Waals surface area contributed by atoms with Gasteiger partial charge in [0.15, 0.2) is 5.89 Å². The topological polar surface area (TPSA) is 38.1 Å². The van der Waals surface area contributed by atoms with Gasteiger partial charge in [0.25, 0.3) is 0 Å². The van der Waals surface area contributed by atoms with E-state index in [4.69, 9.17) is 4.42 Å². The van der Waals surface area contributed by atoms with E-state index in [-0.39, 0.29) is 0 Å². The van der Waals surface area contributed by atoms with Gasteiger partial charge < -0.3 is 9.73 Å². The predicted molar refractivity (Wildman–Crippen MR) is 57.8 cm³/mol. The molecule has 82 valence electrons. The lowest BCUT2D eigenvalue weighted by Gasteiger charge is -2.20. The van der Waals surface area contributed by atoms with Crippen molar-refractivity contribution in [3.05, 3.63) is 17.3 Å². The summed E-state index contributed by atoms with van der Waals surface area (Å²) in [6.07, 6.45) is 7.06. The van der Waals surface area contributed by atoms with Crippen molar-refractivity contribution in [2.24, 2.45) is 5.92 Å². The van der Waals surface area contributed by atoms with Crippen LogP contribution in [0, 0.1) is 5.92 Å². The minimum atomic E-state index is 0.782. The average molecular weight is 206 g/mol. The zero-order valence-corrected chi connectivity index (χ0v) is 9.09. The Balaban J connectivity index is 1.66. The van der Waals surface area contributed by atoms with Crippen molar-refractivity contribution >= 4 is 0 Å². The van der Waals surface area contributed by atoms with Crippen LogP contribution in [0.3, 0.4) is 0 Å². The average Bonchev–Trinajstić information content (AvgIpc) is 2.79. The van der Waals surface area contributed by atoms with Gasteiger partial charge >= 0.3 is 0 Å². The maximum absolute atomic E-state index is 5.80. The van der Waals surface area contributed by atoms with Gasteiger partial charge in [-0.25, -0.2) is 4.98 Å². The maximum Gasteiger partial charge on any atom is 0.194 e. The first-order valence-electron chi connectivity index (χ1n) is 6.10. The summed E-state index contributed by atoms with van der Waals surface area (Å²) >= 11 is 0. The SMILES string of the molecule is C1Cc2nc(CC3CCNCC3)oc2C1. The number of hydrogen-bond donors (Lipinski definition) is 1. The summed E-state index contributed by atoms with van der Waals surface area (Å²) in [5.74, 6) is 2.94. The minimum Gasteiger partial charge on any atom is -0.445 e. The van der Waals surface area contributed by atoms with Crippen LogP contribution in [-0.4, -0.2) is 18.1 Å². The second-order valence-corrected chi connectivity index (χ2v) is 4.73. The lowest BCUT2D eigenvalue weighted by Crippen LogP contribution is -2.28. The molecule has 1 aliphatic carbocycles. The zero-order chi connectivity index (χ0) is 10.1. The van der Waals surface area contributed by atoms with Gasteiger partial charge in [-0.1, -0.05) is 0 Å². The predicted octanol–water partition coefficient (Wildman–Crippen LogP) is 1.71. The Kier molecular flexibility index (Phi) is 2.49. The summed E-state index contributed by atoms with van der Waals surface area (Å²) < 4.78 is 5.80. The normalized spacial score (nSPS) is 21.9. The van der Waals surface area contributed by atoms with Gasteiger partial charge in [-0.2, -0.15) is 0 Å². The van der Waals surface area contributed by atoms with E-state index >= 15 is 0 Å². The monoisotopic (exact) mass is 206 g/mol. The second-order valence-electron chi connectivity index (χ2n) is 4.73. The van der Waals surface area contributed by atoms with Gasteiger partial charge in [0, 0.05) is 12.8 Å². The number of piperidine rings is 1.